The zero-order chi connectivity index (χ0) is 12.9. The lowest BCUT2D eigenvalue weighted by atomic mass is 9.88. The Bertz CT molecular complexity index is 274. The number of amidine groups is 1. The third-order valence-electron chi connectivity index (χ3n) is 2.55. The fourth-order valence-corrected chi connectivity index (χ4v) is 1.41. The van der Waals surface area contributed by atoms with Crippen LogP contribution >= 0.6 is 0 Å². The highest BCUT2D eigenvalue weighted by Crippen LogP contribution is 2.23. The first-order chi connectivity index (χ1) is 7.31. The summed E-state index contributed by atoms with van der Waals surface area (Å²) in [6.07, 6.45) is 0. The maximum atomic E-state index is 11.8. The molecule has 0 radical (unpaired) electrons. The molecule has 1 amide bonds. The number of methoxy groups -OCH3 is 1. The zero-order valence-electron chi connectivity index (χ0n) is 10.7. The molecule has 2 N–H and O–H groups in total. The van der Waals surface area contributed by atoms with Crippen LogP contribution in [0.3, 0.4) is 0 Å². The summed E-state index contributed by atoms with van der Waals surface area (Å²) in [7, 11) is 6.46. The smallest absolute Gasteiger partial charge is 0.233 e. The summed E-state index contributed by atoms with van der Waals surface area (Å²) >= 11 is 0. The summed E-state index contributed by atoms with van der Waals surface area (Å²) in [5.41, 5.74) is -0.758. The van der Waals surface area contributed by atoms with Crippen molar-refractivity contribution in [2.45, 2.75) is 19.4 Å². The highest BCUT2D eigenvalue weighted by atomic mass is 16.5. The Morgan fingerprint density at radius 3 is 2.25 bits per heavy atom. The number of amides is 1. The molecule has 1 atom stereocenters. The molecule has 1 unspecified atom stereocenters. The number of hydrogen-bond donors (Lipinski definition) is 2. The average Bonchev–Trinajstić information content (AvgIpc) is 2.23. The number of nitrogens with zero attached hydrogens (tertiary/aromatic N) is 2. The van der Waals surface area contributed by atoms with Gasteiger partial charge in [0.15, 0.2) is 5.84 Å². The molecular formula is C10H21N3O3. The molecule has 16 heavy (non-hydrogen) atoms. The van der Waals surface area contributed by atoms with Gasteiger partial charge in [-0.15, -0.1) is 0 Å². The minimum Gasteiger partial charge on any atom is -0.409 e. The quantitative estimate of drug-likeness (QED) is 0.312. The maximum Gasteiger partial charge on any atom is 0.233 e. The molecule has 0 aliphatic heterocycles. The normalized spacial score (nSPS) is 14.5. The van der Waals surface area contributed by atoms with Crippen molar-refractivity contribution in [1.29, 1.82) is 0 Å². The Morgan fingerprint density at radius 1 is 1.50 bits per heavy atom. The minimum atomic E-state index is -0.758. The zero-order valence-corrected chi connectivity index (χ0v) is 10.7. The molecule has 0 fully saturated rings. The van der Waals surface area contributed by atoms with E-state index in [1.807, 2.05) is 0 Å². The fourth-order valence-electron chi connectivity index (χ4n) is 1.41. The summed E-state index contributed by atoms with van der Waals surface area (Å²) in [6.45, 7) is 3.53. The van der Waals surface area contributed by atoms with Gasteiger partial charge in [-0.05, 0) is 13.8 Å². The molecule has 0 aromatic heterocycles. The average molecular weight is 231 g/mol. The lowest BCUT2D eigenvalue weighted by Gasteiger charge is -2.34. The van der Waals surface area contributed by atoms with E-state index < -0.39 is 11.5 Å². The second-order valence-corrected chi connectivity index (χ2v) is 4.21. The summed E-state index contributed by atoms with van der Waals surface area (Å²) in [5, 5.41) is 14.7. The van der Waals surface area contributed by atoms with Crippen LogP contribution in [0.15, 0.2) is 5.16 Å². The summed E-state index contributed by atoms with van der Waals surface area (Å²) in [6, 6.07) is 0. The second-order valence-electron chi connectivity index (χ2n) is 4.21. The lowest BCUT2D eigenvalue weighted by Crippen LogP contribution is -2.51. The molecule has 94 valence electrons. The van der Waals surface area contributed by atoms with Gasteiger partial charge in [0.25, 0.3) is 0 Å². The van der Waals surface area contributed by atoms with Crippen molar-refractivity contribution in [1.82, 2.24) is 10.2 Å². The van der Waals surface area contributed by atoms with Crippen molar-refractivity contribution >= 4 is 11.7 Å². The molecule has 6 heteroatoms. The Morgan fingerprint density at radius 2 is 2.00 bits per heavy atom. The maximum absolute atomic E-state index is 11.8. The largest absolute Gasteiger partial charge is 0.409 e. The highest BCUT2D eigenvalue weighted by Gasteiger charge is 2.40. The lowest BCUT2D eigenvalue weighted by molar-refractivity contribution is -0.130. The van der Waals surface area contributed by atoms with Gasteiger partial charge in [0.1, 0.15) is 5.92 Å². The van der Waals surface area contributed by atoms with E-state index in [0.717, 1.165) is 0 Å². The van der Waals surface area contributed by atoms with E-state index in [-0.39, 0.29) is 11.7 Å². The standard InChI is InChI=1S/C10H21N3O3/c1-10(2,16-6)7(9(14)11-3)8(12-15)13(4)5/h7,15H,1-6H3,(H,11,14). The number of hydrogen-bond acceptors (Lipinski definition) is 4. The van der Waals surface area contributed by atoms with Gasteiger partial charge in [0.2, 0.25) is 5.91 Å². The van der Waals surface area contributed by atoms with Crippen LogP contribution in [0.5, 0.6) is 0 Å². The first-order valence-electron chi connectivity index (χ1n) is 4.97. The highest BCUT2D eigenvalue weighted by molar-refractivity contribution is 6.03. The monoisotopic (exact) mass is 231 g/mol. The minimum absolute atomic E-state index is 0.256. The van der Waals surface area contributed by atoms with E-state index in [2.05, 4.69) is 10.5 Å². The molecule has 0 saturated carbocycles. The van der Waals surface area contributed by atoms with E-state index >= 15 is 0 Å². The Kier molecular flexibility index (Phi) is 5.23. The van der Waals surface area contributed by atoms with Crippen molar-refractivity contribution in [3.63, 3.8) is 0 Å². The number of ether oxygens (including phenoxy) is 1. The molecule has 0 rings (SSSR count). The Hall–Kier alpha value is -1.30. The fraction of sp³-hybridized carbons (Fsp3) is 0.800. The molecule has 0 aromatic carbocycles. The molecule has 0 heterocycles. The third kappa shape index (κ3) is 3.10. The number of carbonyl (C=O) groups excluding carboxylic acids is 1. The van der Waals surface area contributed by atoms with E-state index in [1.54, 1.807) is 32.8 Å². The van der Waals surface area contributed by atoms with Gasteiger partial charge >= 0.3 is 0 Å². The van der Waals surface area contributed by atoms with Gasteiger partial charge < -0.3 is 20.2 Å². The van der Waals surface area contributed by atoms with Crippen molar-refractivity contribution in [2.24, 2.45) is 11.1 Å². The van der Waals surface area contributed by atoms with E-state index in [0.29, 0.717) is 0 Å². The van der Waals surface area contributed by atoms with Gasteiger partial charge in [-0.2, -0.15) is 0 Å². The van der Waals surface area contributed by atoms with Crippen LogP contribution in [0.25, 0.3) is 0 Å². The Labute approximate surface area is 96.3 Å². The van der Waals surface area contributed by atoms with Gasteiger partial charge in [-0.1, -0.05) is 5.16 Å². The SMILES string of the molecule is CNC(=O)C(C(=NO)N(C)C)C(C)(C)OC. The number of carbonyl (C=O) groups is 1. The van der Waals surface area contributed by atoms with Gasteiger partial charge in [-0.25, -0.2) is 0 Å². The van der Waals surface area contributed by atoms with Crippen LogP contribution in [0, 0.1) is 5.92 Å². The van der Waals surface area contributed by atoms with E-state index in [9.17, 15) is 4.79 Å². The number of oxime groups is 1. The van der Waals surface area contributed by atoms with Gasteiger partial charge in [0.05, 0.1) is 5.60 Å². The van der Waals surface area contributed by atoms with Crippen molar-refractivity contribution in [2.75, 3.05) is 28.3 Å². The Balaban J connectivity index is 5.33. The van der Waals surface area contributed by atoms with Crippen LogP contribution in [-0.2, 0) is 9.53 Å². The molecule has 0 saturated heterocycles. The predicted octanol–water partition coefficient (Wildman–Crippen LogP) is 0.123. The first kappa shape index (κ1) is 14.7. The molecule has 6 nitrogen and oxygen atoms in total. The second kappa shape index (κ2) is 5.69. The summed E-state index contributed by atoms with van der Waals surface area (Å²) in [5.74, 6) is -0.679. The molecule has 0 spiro atoms. The molecule has 0 aromatic rings. The van der Waals surface area contributed by atoms with Gasteiger partial charge in [0, 0.05) is 28.3 Å². The van der Waals surface area contributed by atoms with E-state index in [1.165, 1.54) is 14.2 Å². The van der Waals surface area contributed by atoms with Crippen molar-refractivity contribution < 1.29 is 14.7 Å². The van der Waals surface area contributed by atoms with E-state index in [4.69, 9.17) is 9.94 Å². The third-order valence-corrected chi connectivity index (χ3v) is 2.55. The van der Waals surface area contributed by atoms with Crippen LogP contribution < -0.4 is 5.32 Å². The van der Waals surface area contributed by atoms with Crippen LogP contribution in [0.1, 0.15) is 13.8 Å². The van der Waals surface area contributed by atoms with Crippen LogP contribution in [0.4, 0.5) is 0 Å². The summed E-state index contributed by atoms with van der Waals surface area (Å²) in [4.78, 5) is 13.4. The van der Waals surface area contributed by atoms with Gasteiger partial charge in [-0.3, -0.25) is 4.79 Å². The number of rotatable bonds is 4. The molecule has 0 aliphatic rings. The predicted molar refractivity (Wildman–Crippen MR) is 61.6 cm³/mol. The number of nitrogens with one attached hydrogen (secondary N) is 1. The van der Waals surface area contributed by atoms with Crippen LogP contribution in [0.2, 0.25) is 0 Å². The molecular weight excluding hydrogens is 210 g/mol. The van der Waals surface area contributed by atoms with Crippen molar-refractivity contribution in [3.05, 3.63) is 0 Å². The first-order valence-corrected chi connectivity index (χ1v) is 4.97. The molecule has 0 bridgehead atoms. The summed E-state index contributed by atoms with van der Waals surface area (Å²) < 4.78 is 5.28. The van der Waals surface area contributed by atoms with Crippen LogP contribution in [-0.4, -0.2) is 55.7 Å². The molecule has 0 aliphatic carbocycles. The van der Waals surface area contributed by atoms with Crippen molar-refractivity contribution in [3.8, 4) is 0 Å². The topological polar surface area (TPSA) is 74.2 Å².